The highest BCUT2D eigenvalue weighted by Gasteiger charge is 2.14. The van der Waals surface area contributed by atoms with Gasteiger partial charge in [0.05, 0.1) is 12.6 Å². The minimum absolute atomic E-state index is 0.00486. The number of halogens is 1. The lowest BCUT2D eigenvalue weighted by Gasteiger charge is -2.10. The maximum Gasteiger partial charge on any atom is 0.295 e. The van der Waals surface area contributed by atoms with E-state index in [2.05, 4.69) is 15.4 Å². The monoisotopic (exact) mass is 372 g/mol. The first-order valence-corrected chi connectivity index (χ1v) is 9.06. The molecule has 26 heavy (non-hydrogen) atoms. The summed E-state index contributed by atoms with van der Waals surface area (Å²) >= 11 is 1.62. The molecule has 134 valence electrons. The Morgan fingerprint density at radius 1 is 1.23 bits per heavy atom. The van der Waals surface area contributed by atoms with E-state index in [0.29, 0.717) is 11.3 Å². The molecule has 2 aromatic carbocycles. The second kappa shape index (κ2) is 8.11. The van der Waals surface area contributed by atoms with Crippen LogP contribution in [0, 0.1) is 5.82 Å². The van der Waals surface area contributed by atoms with Crippen molar-refractivity contribution < 1.29 is 14.3 Å². The second-order valence-electron chi connectivity index (χ2n) is 5.54. The van der Waals surface area contributed by atoms with Crippen molar-refractivity contribution in [3.05, 3.63) is 72.1 Å². The summed E-state index contributed by atoms with van der Waals surface area (Å²) in [5.74, 6) is -0.798. The van der Waals surface area contributed by atoms with Gasteiger partial charge < -0.3 is 10.4 Å². The van der Waals surface area contributed by atoms with Crippen LogP contribution in [0.15, 0.2) is 59.8 Å². The molecule has 0 spiro atoms. The number of aromatic nitrogens is 3. The fourth-order valence-corrected chi connectivity index (χ4v) is 2.72. The molecule has 0 aliphatic rings. The predicted molar refractivity (Wildman–Crippen MR) is 97.6 cm³/mol. The highest BCUT2D eigenvalue weighted by Crippen LogP contribution is 2.18. The molecule has 2 N–H and O–H groups in total. The molecule has 3 aromatic rings. The number of hydrogen-bond donors (Lipinski definition) is 2. The average Bonchev–Trinajstić information content (AvgIpc) is 3.11. The van der Waals surface area contributed by atoms with Crippen molar-refractivity contribution in [3.8, 4) is 0 Å². The Morgan fingerprint density at radius 2 is 1.92 bits per heavy atom. The number of thioether (sulfide) groups is 1. The van der Waals surface area contributed by atoms with Gasteiger partial charge in [0, 0.05) is 10.6 Å². The number of rotatable bonds is 6. The van der Waals surface area contributed by atoms with Gasteiger partial charge >= 0.3 is 0 Å². The molecule has 0 bridgehead atoms. The van der Waals surface area contributed by atoms with Gasteiger partial charge in [-0.05, 0) is 48.2 Å². The number of amides is 1. The van der Waals surface area contributed by atoms with Crippen LogP contribution in [0.3, 0.4) is 0 Å². The molecule has 3 rings (SSSR count). The molecule has 1 amide bonds. The van der Waals surface area contributed by atoms with E-state index in [9.17, 15) is 14.3 Å². The third-order valence-corrected chi connectivity index (χ3v) is 4.45. The lowest BCUT2D eigenvalue weighted by atomic mass is 10.1. The molecule has 0 unspecified atom stereocenters. The Kier molecular flexibility index (Phi) is 5.65. The Labute approximate surface area is 154 Å². The van der Waals surface area contributed by atoms with Gasteiger partial charge in [-0.3, -0.25) is 4.79 Å². The SMILES string of the molecule is CSc1ccc(NC(=O)c2ncn(C[C@@H](O)c3ccc(F)cc3)n2)cc1. The first kappa shape index (κ1) is 18.1. The number of anilines is 1. The summed E-state index contributed by atoms with van der Waals surface area (Å²) in [6.45, 7) is 0.105. The summed E-state index contributed by atoms with van der Waals surface area (Å²) in [6.07, 6.45) is 2.47. The van der Waals surface area contributed by atoms with E-state index in [1.165, 1.54) is 35.3 Å². The molecule has 6 nitrogen and oxygen atoms in total. The van der Waals surface area contributed by atoms with Crippen molar-refractivity contribution in [1.29, 1.82) is 0 Å². The van der Waals surface area contributed by atoms with Crippen LogP contribution in [0.4, 0.5) is 10.1 Å². The molecule has 8 heteroatoms. The topological polar surface area (TPSA) is 80.0 Å². The van der Waals surface area contributed by atoms with Crippen molar-refractivity contribution in [2.75, 3.05) is 11.6 Å². The van der Waals surface area contributed by atoms with Gasteiger partial charge in [0.2, 0.25) is 5.82 Å². The number of carbonyl (C=O) groups is 1. The zero-order chi connectivity index (χ0) is 18.5. The third kappa shape index (κ3) is 4.47. The number of carbonyl (C=O) groups excluding carboxylic acids is 1. The van der Waals surface area contributed by atoms with Crippen LogP contribution in [0.25, 0.3) is 0 Å². The molecule has 1 aromatic heterocycles. The molecule has 1 atom stereocenters. The summed E-state index contributed by atoms with van der Waals surface area (Å²) in [6, 6.07) is 13.0. The maximum absolute atomic E-state index is 12.9. The van der Waals surface area contributed by atoms with Crippen LogP contribution in [-0.2, 0) is 6.54 Å². The lowest BCUT2D eigenvalue weighted by Crippen LogP contribution is -2.15. The number of hydrogen-bond acceptors (Lipinski definition) is 5. The average molecular weight is 372 g/mol. The summed E-state index contributed by atoms with van der Waals surface area (Å²) in [4.78, 5) is 17.3. The van der Waals surface area contributed by atoms with Crippen LogP contribution in [0.5, 0.6) is 0 Å². The molecule has 0 aliphatic heterocycles. The summed E-state index contributed by atoms with van der Waals surface area (Å²) in [5, 5.41) is 17.0. The van der Waals surface area contributed by atoms with E-state index < -0.39 is 12.0 Å². The molecular formula is C18H17FN4O2S. The van der Waals surface area contributed by atoms with Gasteiger partial charge in [0.1, 0.15) is 12.1 Å². The fourth-order valence-electron chi connectivity index (χ4n) is 2.32. The number of nitrogens with zero attached hydrogens (tertiary/aromatic N) is 3. The van der Waals surface area contributed by atoms with Crippen LogP contribution < -0.4 is 5.32 Å². The minimum Gasteiger partial charge on any atom is -0.386 e. The van der Waals surface area contributed by atoms with Crippen molar-refractivity contribution >= 4 is 23.4 Å². The Morgan fingerprint density at radius 3 is 2.58 bits per heavy atom. The quantitative estimate of drug-likeness (QED) is 0.650. The largest absolute Gasteiger partial charge is 0.386 e. The molecule has 0 aliphatic carbocycles. The van der Waals surface area contributed by atoms with E-state index in [-0.39, 0.29) is 18.2 Å². The number of benzene rings is 2. The fraction of sp³-hybridized carbons (Fsp3) is 0.167. The molecule has 0 saturated heterocycles. The Hall–Kier alpha value is -2.71. The van der Waals surface area contributed by atoms with Crippen LogP contribution in [0.1, 0.15) is 22.3 Å². The van der Waals surface area contributed by atoms with Gasteiger partial charge in [-0.25, -0.2) is 14.1 Å². The number of aliphatic hydroxyl groups excluding tert-OH is 1. The van der Waals surface area contributed by atoms with Crippen molar-refractivity contribution in [3.63, 3.8) is 0 Å². The van der Waals surface area contributed by atoms with E-state index in [1.807, 2.05) is 18.4 Å². The van der Waals surface area contributed by atoms with Gasteiger partial charge in [-0.15, -0.1) is 16.9 Å². The Balaban J connectivity index is 1.62. The van der Waals surface area contributed by atoms with E-state index in [4.69, 9.17) is 0 Å². The Bertz CT molecular complexity index is 881. The molecule has 0 fully saturated rings. The molecule has 0 radical (unpaired) electrons. The van der Waals surface area contributed by atoms with Gasteiger partial charge in [-0.1, -0.05) is 12.1 Å². The van der Waals surface area contributed by atoms with E-state index in [0.717, 1.165) is 4.90 Å². The maximum atomic E-state index is 12.9. The summed E-state index contributed by atoms with van der Waals surface area (Å²) in [7, 11) is 0. The summed E-state index contributed by atoms with van der Waals surface area (Å²) < 4.78 is 14.3. The zero-order valence-electron chi connectivity index (χ0n) is 14.0. The number of aliphatic hydroxyl groups is 1. The molecular weight excluding hydrogens is 355 g/mol. The van der Waals surface area contributed by atoms with Crippen LogP contribution in [0.2, 0.25) is 0 Å². The minimum atomic E-state index is -0.882. The highest BCUT2D eigenvalue weighted by atomic mass is 32.2. The van der Waals surface area contributed by atoms with Gasteiger partial charge in [-0.2, -0.15) is 0 Å². The van der Waals surface area contributed by atoms with Crippen LogP contribution >= 0.6 is 11.8 Å². The second-order valence-corrected chi connectivity index (χ2v) is 6.42. The van der Waals surface area contributed by atoms with Crippen LogP contribution in [-0.4, -0.2) is 32.0 Å². The standard InChI is InChI=1S/C18H17FN4O2S/c1-26-15-8-6-14(7-9-15)21-18(25)17-20-11-23(22-17)10-16(24)12-2-4-13(19)5-3-12/h2-9,11,16,24H,10H2,1H3,(H,21,25)/t16-/m1/s1. The van der Waals surface area contributed by atoms with Crippen molar-refractivity contribution in [1.82, 2.24) is 14.8 Å². The van der Waals surface area contributed by atoms with Gasteiger partial charge in [0.25, 0.3) is 5.91 Å². The zero-order valence-corrected chi connectivity index (χ0v) is 14.8. The first-order chi connectivity index (χ1) is 12.5. The van der Waals surface area contributed by atoms with E-state index in [1.54, 1.807) is 23.9 Å². The first-order valence-electron chi connectivity index (χ1n) is 7.83. The van der Waals surface area contributed by atoms with Gasteiger partial charge in [0.15, 0.2) is 0 Å². The van der Waals surface area contributed by atoms with Crippen molar-refractivity contribution in [2.24, 2.45) is 0 Å². The van der Waals surface area contributed by atoms with Crippen molar-refractivity contribution in [2.45, 2.75) is 17.5 Å². The summed E-state index contributed by atoms with van der Waals surface area (Å²) in [5.41, 5.74) is 1.21. The molecule has 1 heterocycles. The normalized spacial score (nSPS) is 12.0. The number of nitrogens with one attached hydrogen (secondary N) is 1. The lowest BCUT2D eigenvalue weighted by molar-refractivity contribution is 0.101. The molecule has 0 saturated carbocycles. The predicted octanol–water partition coefficient (Wildman–Crippen LogP) is 3.13. The smallest absolute Gasteiger partial charge is 0.295 e. The third-order valence-electron chi connectivity index (χ3n) is 3.70. The highest BCUT2D eigenvalue weighted by molar-refractivity contribution is 7.98. The van der Waals surface area contributed by atoms with E-state index >= 15 is 0 Å².